The van der Waals surface area contributed by atoms with Crippen molar-refractivity contribution in [3.8, 4) is 11.5 Å². The average molecular weight is 240 g/mol. The Morgan fingerprint density at radius 3 is 2.80 bits per heavy atom. The van der Waals surface area contributed by atoms with E-state index in [1.54, 1.807) is 5.51 Å². The molecular formula is C10H10ClN3S. The van der Waals surface area contributed by atoms with Gasteiger partial charge in [-0.25, -0.2) is 15.0 Å². The molecule has 2 heterocycles. The summed E-state index contributed by atoms with van der Waals surface area (Å²) in [6.45, 7) is 3.99. The number of aromatic nitrogens is 3. The topological polar surface area (TPSA) is 38.7 Å². The minimum atomic E-state index is 0.518. The van der Waals surface area contributed by atoms with E-state index >= 15 is 0 Å². The van der Waals surface area contributed by atoms with Crippen molar-refractivity contribution in [1.29, 1.82) is 0 Å². The van der Waals surface area contributed by atoms with Crippen molar-refractivity contribution in [2.75, 3.05) is 0 Å². The molecule has 0 aliphatic rings. The largest absolute Gasteiger partial charge is 0.241 e. The third-order valence-corrected chi connectivity index (χ3v) is 3.14. The van der Waals surface area contributed by atoms with Gasteiger partial charge in [0.2, 0.25) is 0 Å². The molecular weight excluding hydrogens is 230 g/mol. The van der Waals surface area contributed by atoms with Crippen LogP contribution in [0.25, 0.3) is 11.5 Å². The van der Waals surface area contributed by atoms with Gasteiger partial charge in [-0.1, -0.05) is 18.5 Å². The zero-order valence-corrected chi connectivity index (χ0v) is 10.1. The molecule has 0 unspecified atom stereocenters. The van der Waals surface area contributed by atoms with E-state index in [0.29, 0.717) is 11.0 Å². The molecule has 0 aromatic carbocycles. The van der Waals surface area contributed by atoms with Crippen LogP contribution in [0.15, 0.2) is 10.9 Å². The Kier molecular flexibility index (Phi) is 2.98. The molecule has 0 atom stereocenters. The summed E-state index contributed by atoms with van der Waals surface area (Å²) in [7, 11) is 0. The normalized spacial score (nSPS) is 10.6. The second kappa shape index (κ2) is 4.24. The summed E-state index contributed by atoms with van der Waals surface area (Å²) in [6.07, 6.45) is 0.852. The van der Waals surface area contributed by atoms with Crippen molar-refractivity contribution in [1.82, 2.24) is 15.0 Å². The fourth-order valence-corrected chi connectivity index (χ4v) is 2.03. The van der Waals surface area contributed by atoms with E-state index in [-0.39, 0.29) is 0 Å². The van der Waals surface area contributed by atoms with Gasteiger partial charge in [0.15, 0.2) is 5.82 Å². The maximum absolute atomic E-state index is 6.04. The predicted octanol–water partition coefficient (Wildman–Crippen LogP) is 3.12. The molecule has 0 bridgehead atoms. The molecule has 5 heteroatoms. The second-order valence-corrected chi connectivity index (χ2v) is 4.21. The van der Waals surface area contributed by atoms with Crippen molar-refractivity contribution >= 4 is 22.9 Å². The number of nitrogens with zero attached hydrogens (tertiary/aromatic N) is 3. The molecule has 0 N–H and O–H groups in total. The number of thiazole rings is 1. The highest BCUT2D eigenvalue weighted by Gasteiger charge is 2.10. The zero-order chi connectivity index (χ0) is 10.8. The van der Waals surface area contributed by atoms with Gasteiger partial charge in [-0.15, -0.1) is 11.3 Å². The maximum atomic E-state index is 6.04. The van der Waals surface area contributed by atoms with Crippen LogP contribution >= 0.6 is 22.9 Å². The molecule has 2 aromatic rings. The third kappa shape index (κ3) is 2.01. The van der Waals surface area contributed by atoms with Gasteiger partial charge >= 0.3 is 0 Å². The molecule has 0 aliphatic carbocycles. The molecule has 78 valence electrons. The van der Waals surface area contributed by atoms with Crippen molar-refractivity contribution < 1.29 is 0 Å². The van der Waals surface area contributed by atoms with Crippen molar-refractivity contribution in [3.63, 3.8) is 0 Å². The molecule has 2 rings (SSSR count). The fourth-order valence-electron chi connectivity index (χ4n) is 1.31. The van der Waals surface area contributed by atoms with Gasteiger partial charge in [-0.05, 0) is 13.3 Å². The quantitative estimate of drug-likeness (QED) is 0.756. The lowest BCUT2D eigenvalue weighted by atomic mass is 10.2. The number of hydrogen-bond acceptors (Lipinski definition) is 4. The summed E-state index contributed by atoms with van der Waals surface area (Å²) in [4.78, 5) is 12.8. The summed E-state index contributed by atoms with van der Waals surface area (Å²) in [5.41, 5.74) is 4.49. The van der Waals surface area contributed by atoms with Gasteiger partial charge in [0.1, 0.15) is 10.8 Å². The molecule has 0 aliphatic heterocycles. The van der Waals surface area contributed by atoms with E-state index in [2.05, 4.69) is 21.9 Å². The molecule has 0 amide bonds. The monoisotopic (exact) mass is 239 g/mol. The molecule has 0 saturated heterocycles. The van der Waals surface area contributed by atoms with E-state index in [1.807, 2.05) is 12.3 Å². The highest BCUT2D eigenvalue weighted by Crippen LogP contribution is 2.21. The van der Waals surface area contributed by atoms with Crippen LogP contribution in [0.1, 0.15) is 18.2 Å². The van der Waals surface area contributed by atoms with Crippen LogP contribution in [-0.2, 0) is 6.42 Å². The van der Waals surface area contributed by atoms with Gasteiger partial charge in [-0.2, -0.15) is 0 Å². The Bertz CT molecular complexity index is 468. The molecule has 3 nitrogen and oxygen atoms in total. The van der Waals surface area contributed by atoms with E-state index in [0.717, 1.165) is 23.4 Å². The Hall–Kier alpha value is -1.00. The van der Waals surface area contributed by atoms with Crippen LogP contribution in [0.5, 0.6) is 0 Å². The van der Waals surface area contributed by atoms with E-state index < -0.39 is 0 Å². The van der Waals surface area contributed by atoms with Gasteiger partial charge < -0.3 is 0 Å². The predicted molar refractivity (Wildman–Crippen MR) is 62.3 cm³/mol. The van der Waals surface area contributed by atoms with Gasteiger partial charge in [-0.3, -0.25) is 0 Å². The first-order valence-electron chi connectivity index (χ1n) is 4.64. The first-order valence-corrected chi connectivity index (χ1v) is 5.96. The lowest BCUT2D eigenvalue weighted by Crippen LogP contribution is -1.99. The first-order chi connectivity index (χ1) is 7.22. The number of rotatable bonds is 2. The summed E-state index contributed by atoms with van der Waals surface area (Å²) in [6, 6.07) is 0. The van der Waals surface area contributed by atoms with E-state index in [9.17, 15) is 0 Å². The molecule has 15 heavy (non-hydrogen) atoms. The molecule has 0 radical (unpaired) electrons. The van der Waals surface area contributed by atoms with Crippen LogP contribution in [0, 0.1) is 6.92 Å². The van der Waals surface area contributed by atoms with Crippen LogP contribution < -0.4 is 0 Å². The second-order valence-electron chi connectivity index (χ2n) is 3.14. The Balaban J connectivity index is 2.55. The molecule has 2 aromatic heterocycles. The van der Waals surface area contributed by atoms with Gasteiger partial charge in [0.05, 0.1) is 5.51 Å². The Labute approximate surface area is 97.2 Å². The lowest BCUT2D eigenvalue weighted by Gasteiger charge is -2.05. The van der Waals surface area contributed by atoms with Crippen LogP contribution in [0.3, 0.4) is 0 Å². The summed E-state index contributed by atoms with van der Waals surface area (Å²) >= 11 is 7.56. The van der Waals surface area contributed by atoms with Gasteiger partial charge in [0, 0.05) is 16.6 Å². The SMILES string of the molecule is CCc1nc(-c2cscn2)nc(Cl)c1C. The fraction of sp³-hybridized carbons (Fsp3) is 0.300. The standard InChI is InChI=1S/C10H10ClN3S/c1-3-7-6(2)9(11)14-10(13-7)8-4-15-5-12-8/h4-5H,3H2,1-2H3. The van der Waals surface area contributed by atoms with Crippen molar-refractivity contribution in [2.24, 2.45) is 0 Å². The number of hydrogen-bond donors (Lipinski definition) is 0. The van der Waals surface area contributed by atoms with Crippen LogP contribution in [0.4, 0.5) is 0 Å². The smallest absolute Gasteiger partial charge is 0.180 e. The number of halogens is 1. The average Bonchev–Trinajstić information content (AvgIpc) is 2.75. The van der Waals surface area contributed by atoms with Crippen LogP contribution in [-0.4, -0.2) is 15.0 Å². The minimum Gasteiger partial charge on any atom is -0.241 e. The van der Waals surface area contributed by atoms with Gasteiger partial charge in [0.25, 0.3) is 0 Å². The highest BCUT2D eigenvalue weighted by molar-refractivity contribution is 7.07. The molecule has 0 saturated carbocycles. The van der Waals surface area contributed by atoms with Crippen molar-refractivity contribution in [2.45, 2.75) is 20.3 Å². The summed E-state index contributed by atoms with van der Waals surface area (Å²) in [5.74, 6) is 0.615. The summed E-state index contributed by atoms with van der Waals surface area (Å²) in [5, 5.41) is 2.44. The highest BCUT2D eigenvalue weighted by atomic mass is 35.5. The Morgan fingerprint density at radius 2 is 2.20 bits per heavy atom. The molecule has 0 fully saturated rings. The molecule has 0 spiro atoms. The summed E-state index contributed by atoms with van der Waals surface area (Å²) < 4.78 is 0. The minimum absolute atomic E-state index is 0.518. The third-order valence-electron chi connectivity index (χ3n) is 2.18. The first kappa shape index (κ1) is 10.5. The lowest BCUT2D eigenvalue weighted by molar-refractivity contribution is 0.972. The van der Waals surface area contributed by atoms with E-state index in [4.69, 9.17) is 11.6 Å². The van der Waals surface area contributed by atoms with Crippen molar-refractivity contribution in [3.05, 3.63) is 27.3 Å². The Morgan fingerprint density at radius 1 is 1.40 bits per heavy atom. The zero-order valence-electron chi connectivity index (χ0n) is 8.49. The number of aryl methyl sites for hydroxylation is 1. The van der Waals surface area contributed by atoms with Crippen LogP contribution in [0.2, 0.25) is 5.15 Å². The van der Waals surface area contributed by atoms with E-state index in [1.165, 1.54) is 11.3 Å². The maximum Gasteiger partial charge on any atom is 0.180 e.